The van der Waals surface area contributed by atoms with Gasteiger partial charge in [-0.1, -0.05) is 38.3 Å². The zero-order chi connectivity index (χ0) is 18.7. The van der Waals surface area contributed by atoms with Crippen molar-refractivity contribution in [3.63, 3.8) is 0 Å². The van der Waals surface area contributed by atoms with E-state index in [1.54, 1.807) is 0 Å². The summed E-state index contributed by atoms with van der Waals surface area (Å²) in [6, 6.07) is 0. The Morgan fingerprint density at radius 1 is 1.08 bits per heavy atom. The van der Waals surface area contributed by atoms with Crippen LogP contribution in [0.5, 0.6) is 0 Å². The molecular formula is C20H36O5. The Bertz CT molecular complexity index is 396. The van der Waals surface area contributed by atoms with Gasteiger partial charge in [0.05, 0.1) is 18.3 Å². The Morgan fingerprint density at radius 2 is 1.80 bits per heavy atom. The van der Waals surface area contributed by atoms with Crippen LogP contribution < -0.4 is 0 Å². The van der Waals surface area contributed by atoms with Gasteiger partial charge in [-0.15, -0.1) is 0 Å². The fourth-order valence-corrected chi connectivity index (χ4v) is 3.81. The Kier molecular flexibility index (Phi) is 11.0. The predicted molar refractivity (Wildman–Crippen MR) is 98.2 cm³/mol. The maximum Gasteiger partial charge on any atom is 0.303 e. The average Bonchev–Trinajstić information content (AvgIpc) is 2.82. The van der Waals surface area contributed by atoms with Gasteiger partial charge in [0.2, 0.25) is 0 Å². The molecule has 1 aliphatic carbocycles. The van der Waals surface area contributed by atoms with E-state index in [2.05, 4.69) is 6.92 Å². The number of carbonyl (C=O) groups is 1. The van der Waals surface area contributed by atoms with Crippen LogP contribution in [0.25, 0.3) is 0 Å². The third-order valence-corrected chi connectivity index (χ3v) is 5.33. The predicted octanol–water partition coefficient (Wildman–Crippen LogP) is 3.27. The second-order valence-electron chi connectivity index (χ2n) is 7.42. The highest BCUT2D eigenvalue weighted by atomic mass is 16.4. The molecule has 0 amide bonds. The molecule has 1 fully saturated rings. The molecule has 0 saturated heterocycles. The van der Waals surface area contributed by atoms with Crippen LogP contribution in [0.4, 0.5) is 0 Å². The molecule has 25 heavy (non-hydrogen) atoms. The first-order valence-corrected chi connectivity index (χ1v) is 9.86. The normalized spacial score (nSPS) is 27.8. The molecule has 4 N–H and O–H groups in total. The summed E-state index contributed by atoms with van der Waals surface area (Å²) in [4.78, 5) is 10.5. The SMILES string of the molecule is CCCCC[C@H](O)CC[C@@H]1[C@@H](C/C=C/CCCC(=O)O)[C@@H](O)C[C@H]1O. The summed E-state index contributed by atoms with van der Waals surface area (Å²) in [6.07, 6.45) is 10.8. The van der Waals surface area contributed by atoms with Crippen molar-refractivity contribution in [2.75, 3.05) is 0 Å². The van der Waals surface area contributed by atoms with E-state index in [0.29, 0.717) is 25.7 Å². The molecule has 0 aromatic carbocycles. The number of aliphatic carboxylic acids is 1. The lowest BCUT2D eigenvalue weighted by molar-refractivity contribution is -0.137. The van der Waals surface area contributed by atoms with Crippen LogP contribution in [-0.4, -0.2) is 44.7 Å². The van der Waals surface area contributed by atoms with Crippen molar-refractivity contribution in [2.24, 2.45) is 11.8 Å². The molecular weight excluding hydrogens is 320 g/mol. The van der Waals surface area contributed by atoms with Crippen molar-refractivity contribution in [1.82, 2.24) is 0 Å². The molecule has 0 aliphatic heterocycles. The molecule has 0 aromatic rings. The maximum absolute atomic E-state index is 10.5. The summed E-state index contributed by atoms with van der Waals surface area (Å²) in [5, 5.41) is 39.1. The molecule has 5 heteroatoms. The standard InChI is InChI=1S/C20H36O5/c1-2-3-6-9-15(21)12-13-17-16(18(22)14-19(17)23)10-7-4-5-8-11-20(24)25/h4,7,15-19,21-23H,2-3,5-6,8-14H2,1H3,(H,24,25)/b7-4+/t15-,16+,17+,18-,19+/m0/s1. The maximum atomic E-state index is 10.5. The molecule has 5 atom stereocenters. The largest absolute Gasteiger partial charge is 0.481 e. The van der Waals surface area contributed by atoms with Gasteiger partial charge in [-0.2, -0.15) is 0 Å². The molecule has 0 bridgehead atoms. The van der Waals surface area contributed by atoms with Gasteiger partial charge in [-0.25, -0.2) is 0 Å². The fraction of sp³-hybridized carbons (Fsp3) is 0.850. The van der Waals surface area contributed by atoms with Crippen molar-refractivity contribution < 1.29 is 25.2 Å². The molecule has 5 nitrogen and oxygen atoms in total. The molecule has 0 aromatic heterocycles. The first kappa shape index (κ1) is 22.1. The molecule has 0 heterocycles. The second-order valence-corrected chi connectivity index (χ2v) is 7.42. The number of hydrogen-bond acceptors (Lipinski definition) is 4. The van der Waals surface area contributed by atoms with Crippen LogP contribution in [0.15, 0.2) is 12.2 Å². The number of aliphatic hydroxyl groups excluding tert-OH is 3. The minimum Gasteiger partial charge on any atom is -0.481 e. The third kappa shape index (κ3) is 8.84. The molecule has 1 rings (SSSR count). The van der Waals surface area contributed by atoms with Gasteiger partial charge in [0.15, 0.2) is 0 Å². The van der Waals surface area contributed by atoms with E-state index in [1.807, 2.05) is 12.2 Å². The van der Waals surface area contributed by atoms with Crippen LogP contribution in [0.2, 0.25) is 0 Å². The van der Waals surface area contributed by atoms with Crippen LogP contribution in [0, 0.1) is 11.8 Å². The summed E-state index contributed by atoms with van der Waals surface area (Å²) >= 11 is 0. The highest BCUT2D eigenvalue weighted by molar-refractivity contribution is 5.66. The number of carboxylic acid groups (broad SMARTS) is 1. The third-order valence-electron chi connectivity index (χ3n) is 5.33. The van der Waals surface area contributed by atoms with Crippen LogP contribution in [0.1, 0.15) is 77.6 Å². The van der Waals surface area contributed by atoms with Gasteiger partial charge in [0, 0.05) is 6.42 Å². The average molecular weight is 357 g/mol. The summed E-state index contributed by atoms with van der Waals surface area (Å²) < 4.78 is 0. The molecule has 0 unspecified atom stereocenters. The molecule has 0 spiro atoms. The lowest BCUT2D eigenvalue weighted by Gasteiger charge is -2.23. The van der Waals surface area contributed by atoms with E-state index in [4.69, 9.17) is 5.11 Å². The van der Waals surface area contributed by atoms with Gasteiger partial charge in [0.25, 0.3) is 0 Å². The highest BCUT2D eigenvalue weighted by Crippen LogP contribution is 2.38. The van der Waals surface area contributed by atoms with Gasteiger partial charge >= 0.3 is 5.97 Å². The van der Waals surface area contributed by atoms with E-state index in [1.165, 1.54) is 0 Å². The van der Waals surface area contributed by atoms with Crippen LogP contribution in [0.3, 0.4) is 0 Å². The quantitative estimate of drug-likeness (QED) is 0.300. The number of allylic oxidation sites excluding steroid dienone is 2. The topological polar surface area (TPSA) is 98.0 Å². The van der Waals surface area contributed by atoms with Gasteiger partial charge in [-0.3, -0.25) is 4.79 Å². The van der Waals surface area contributed by atoms with Crippen molar-refractivity contribution in [1.29, 1.82) is 0 Å². The number of unbranched alkanes of at least 4 members (excludes halogenated alkanes) is 3. The molecule has 1 aliphatic rings. The lowest BCUT2D eigenvalue weighted by Crippen LogP contribution is -2.23. The van der Waals surface area contributed by atoms with E-state index in [0.717, 1.165) is 38.5 Å². The number of hydrogen-bond donors (Lipinski definition) is 4. The fourth-order valence-electron chi connectivity index (χ4n) is 3.81. The summed E-state index contributed by atoms with van der Waals surface area (Å²) in [7, 11) is 0. The highest BCUT2D eigenvalue weighted by Gasteiger charge is 2.40. The van der Waals surface area contributed by atoms with Crippen molar-refractivity contribution in [2.45, 2.75) is 95.9 Å². The Morgan fingerprint density at radius 3 is 2.48 bits per heavy atom. The number of aliphatic hydroxyl groups is 3. The van der Waals surface area contributed by atoms with Crippen molar-refractivity contribution >= 4 is 5.97 Å². The Labute approximate surface area is 151 Å². The second kappa shape index (κ2) is 12.4. The minimum absolute atomic E-state index is 0.0218. The van der Waals surface area contributed by atoms with Crippen LogP contribution in [-0.2, 0) is 4.79 Å². The summed E-state index contributed by atoms with van der Waals surface area (Å²) in [5.74, 6) is -0.728. The van der Waals surface area contributed by atoms with E-state index >= 15 is 0 Å². The zero-order valence-electron chi connectivity index (χ0n) is 15.5. The van der Waals surface area contributed by atoms with Gasteiger partial charge < -0.3 is 20.4 Å². The first-order valence-electron chi connectivity index (χ1n) is 9.86. The molecule has 146 valence electrons. The van der Waals surface area contributed by atoms with Crippen molar-refractivity contribution in [3.05, 3.63) is 12.2 Å². The Hall–Kier alpha value is -0.910. The van der Waals surface area contributed by atoms with E-state index in [-0.39, 0.29) is 24.4 Å². The van der Waals surface area contributed by atoms with Gasteiger partial charge in [0.1, 0.15) is 0 Å². The van der Waals surface area contributed by atoms with E-state index < -0.39 is 18.2 Å². The van der Waals surface area contributed by atoms with Crippen LogP contribution >= 0.6 is 0 Å². The molecule has 1 saturated carbocycles. The van der Waals surface area contributed by atoms with Crippen molar-refractivity contribution in [3.8, 4) is 0 Å². The van der Waals surface area contributed by atoms with Gasteiger partial charge in [-0.05, 0) is 56.8 Å². The Balaban J connectivity index is 2.36. The lowest BCUT2D eigenvalue weighted by atomic mass is 9.85. The smallest absolute Gasteiger partial charge is 0.303 e. The molecule has 0 radical (unpaired) electrons. The van der Waals surface area contributed by atoms with E-state index in [9.17, 15) is 20.1 Å². The number of rotatable bonds is 13. The summed E-state index contributed by atoms with van der Waals surface area (Å²) in [5.41, 5.74) is 0. The monoisotopic (exact) mass is 356 g/mol. The first-order chi connectivity index (χ1) is 12.0. The number of carboxylic acids is 1. The zero-order valence-corrected chi connectivity index (χ0v) is 15.5. The minimum atomic E-state index is -0.778. The summed E-state index contributed by atoms with van der Waals surface area (Å²) in [6.45, 7) is 2.14.